The van der Waals surface area contributed by atoms with Crippen LogP contribution in [0.15, 0.2) is 35.4 Å². The van der Waals surface area contributed by atoms with Crippen LogP contribution in [-0.4, -0.2) is 33.6 Å². The quantitative estimate of drug-likeness (QED) is 0.796. The molecule has 2 aromatic rings. The molecule has 0 radical (unpaired) electrons. The fraction of sp³-hybridized carbons (Fsp3) is 0.474. The molecule has 1 aliphatic rings. The van der Waals surface area contributed by atoms with Crippen LogP contribution in [-0.2, 0) is 20.9 Å². The van der Waals surface area contributed by atoms with Gasteiger partial charge in [-0.15, -0.1) is 0 Å². The number of para-hydroxylation sites is 1. The van der Waals surface area contributed by atoms with E-state index in [-0.39, 0.29) is 30.5 Å². The van der Waals surface area contributed by atoms with Crippen molar-refractivity contribution < 1.29 is 14.3 Å². The van der Waals surface area contributed by atoms with Crippen molar-refractivity contribution >= 4 is 22.8 Å². The number of aromatic nitrogens is 2. The second-order valence-corrected chi connectivity index (χ2v) is 6.63. The Hall–Kier alpha value is -2.70. The first-order valence-electron chi connectivity index (χ1n) is 8.98. The summed E-state index contributed by atoms with van der Waals surface area (Å²) in [6.07, 6.45) is 4.78. The molecule has 0 aliphatic heterocycles. The molecule has 1 aromatic heterocycles. The van der Waals surface area contributed by atoms with Gasteiger partial charge in [-0.3, -0.25) is 19.0 Å². The first kappa shape index (κ1) is 18.1. The molecule has 7 heteroatoms. The van der Waals surface area contributed by atoms with Crippen molar-refractivity contribution in [3.63, 3.8) is 0 Å². The Bertz CT molecular complexity index is 855. The summed E-state index contributed by atoms with van der Waals surface area (Å²) in [5.74, 6) is -0.783. The van der Waals surface area contributed by atoms with Gasteiger partial charge in [-0.2, -0.15) is 0 Å². The average Bonchev–Trinajstić information content (AvgIpc) is 3.14. The molecule has 138 valence electrons. The highest BCUT2D eigenvalue weighted by molar-refractivity contribution is 5.83. The summed E-state index contributed by atoms with van der Waals surface area (Å²) >= 11 is 0. The van der Waals surface area contributed by atoms with Crippen LogP contribution < -0.4 is 10.9 Å². The Balaban J connectivity index is 1.53. The standard InChI is InChI=1S/C19H23N3O4/c1-13(18(24)21-14-6-2-3-7-14)26-17(23)10-11-22-12-20-16-9-5-4-8-15(16)19(22)25/h4-5,8-9,12-14H,2-3,6-7,10-11H2,1H3,(H,21,24)/t13-/m0/s1. The number of esters is 1. The lowest BCUT2D eigenvalue weighted by molar-refractivity contribution is -0.155. The van der Waals surface area contributed by atoms with Gasteiger partial charge in [0, 0.05) is 12.6 Å². The Kier molecular flexibility index (Phi) is 5.65. The topological polar surface area (TPSA) is 90.3 Å². The molecule has 0 saturated heterocycles. The van der Waals surface area contributed by atoms with Crippen LogP contribution in [0.4, 0.5) is 0 Å². The Morgan fingerprint density at radius 3 is 2.81 bits per heavy atom. The third-order valence-electron chi connectivity index (χ3n) is 4.67. The number of aryl methyl sites for hydroxylation is 1. The summed E-state index contributed by atoms with van der Waals surface area (Å²) in [4.78, 5) is 40.6. The highest BCUT2D eigenvalue weighted by Gasteiger charge is 2.23. The molecule has 1 fully saturated rings. The molecule has 1 saturated carbocycles. The number of ether oxygens (including phenoxy) is 1. The SMILES string of the molecule is C[C@H](OC(=O)CCn1cnc2ccccc2c1=O)C(=O)NC1CCCC1. The van der Waals surface area contributed by atoms with Gasteiger partial charge in [-0.05, 0) is 31.9 Å². The monoisotopic (exact) mass is 357 g/mol. The predicted molar refractivity (Wildman–Crippen MR) is 96.6 cm³/mol. The normalized spacial score (nSPS) is 15.7. The van der Waals surface area contributed by atoms with Crippen LogP contribution in [0.5, 0.6) is 0 Å². The summed E-state index contributed by atoms with van der Waals surface area (Å²) in [5, 5.41) is 3.41. The number of nitrogens with one attached hydrogen (secondary N) is 1. The maximum absolute atomic E-state index is 12.4. The van der Waals surface area contributed by atoms with Crippen LogP contribution in [0.25, 0.3) is 10.9 Å². The molecule has 1 heterocycles. The van der Waals surface area contributed by atoms with Crippen molar-refractivity contribution in [3.8, 4) is 0 Å². The van der Waals surface area contributed by atoms with Crippen LogP contribution in [0.2, 0.25) is 0 Å². The summed E-state index contributed by atoms with van der Waals surface area (Å²) in [7, 11) is 0. The number of amides is 1. The lowest BCUT2D eigenvalue weighted by Crippen LogP contribution is -2.41. The van der Waals surface area contributed by atoms with E-state index in [1.54, 1.807) is 25.1 Å². The molecular weight excluding hydrogens is 334 g/mol. The maximum atomic E-state index is 12.4. The highest BCUT2D eigenvalue weighted by Crippen LogP contribution is 2.17. The van der Waals surface area contributed by atoms with Gasteiger partial charge in [-0.25, -0.2) is 4.98 Å². The minimum absolute atomic E-state index is 0.000968. The Labute approximate surface area is 151 Å². The number of fused-ring (bicyclic) bond motifs is 1. The molecule has 3 rings (SSSR count). The fourth-order valence-electron chi connectivity index (χ4n) is 3.18. The summed E-state index contributed by atoms with van der Waals surface area (Å²) < 4.78 is 6.57. The molecule has 0 bridgehead atoms. The average molecular weight is 357 g/mol. The van der Waals surface area contributed by atoms with E-state index in [0.717, 1.165) is 25.7 Å². The summed E-state index contributed by atoms with van der Waals surface area (Å²) in [6, 6.07) is 7.24. The molecular formula is C19H23N3O4. The largest absolute Gasteiger partial charge is 0.452 e. The van der Waals surface area contributed by atoms with E-state index in [1.807, 2.05) is 6.07 Å². The van der Waals surface area contributed by atoms with Gasteiger partial charge in [0.1, 0.15) is 0 Å². The highest BCUT2D eigenvalue weighted by atomic mass is 16.5. The number of nitrogens with zero attached hydrogens (tertiary/aromatic N) is 2. The Morgan fingerprint density at radius 2 is 2.04 bits per heavy atom. The van der Waals surface area contributed by atoms with E-state index >= 15 is 0 Å². The minimum atomic E-state index is -0.838. The zero-order chi connectivity index (χ0) is 18.5. The van der Waals surface area contributed by atoms with Crippen LogP contribution in [0.3, 0.4) is 0 Å². The zero-order valence-corrected chi connectivity index (χ0v) is 14.8. The Morgan fingerprint density at radius 1 is 1.31 bits per heavy atom. The molecule has 7 nitrogen and oxygen atoms in total. The van der Waals surface area contributed by atoms with Crippen molar-refractivity contribution in [2.24, 2.45) is 0 Å². The molecule has 1 amide bonds. The molecule has 1 aliphatic carbocycles. The van der Waals surface area contributed by atoms with Crippen molar-refractivity contribution in [1.82, 2.24) is 14.9 Å². The predicted octanol–water partition coefficient (Wildman–Crippen LogP) is 1.78. The second-order valence-electron chi connectivity index (χ2n) is 6.63. The summed E-state index contributed by atoms with van der Waals surface area (Å²) in [6.45, 7) is 1.72. The van der Waals surface area contributed by atoms with Crippen molar-refractivity contribution in [3.05, 3.63) is 40.9 Å². The van der Waals surface area contributed by atoms with E-state index < -0.39 is 12.1 Å². The van der Waals surface area contributed by atoms with Gasteiger partial charge in [0.15, 0.2) is 6.10 Å². The van der Waals surface area contributed by atoms with Gasteiger partial charge in [0.2, 0.25) is 0 Å². The first-order valence-corrected chi connectivity index (χ1v) is 8.98. The third-order valence-corrected chi connectivity index (χ3v) is 4.67. The van der Waals surface area contributed by atoms with E-state index in [9.17, 15) is 14.4 Å². The van der Waals surface area contributed by atoms with E-state index in [4.69, 9.17) is 4.74 Å². The second kappa shape index (κ2) is 8.12. The van der Waals surface area contributed by atoms with Gasteiger partial charge in [0.25, 0.3) is 11.5 Å². The van der Waals surface area contributed by atoms with Crippen molar-refractivity contribution in [1.29, 1.82) is 0 Å². The third kappa shape index (κ3) is 4.28. The molecule has 0 spiro atoms. The van der Waals surface area contributed by atoms with Gasteiger partial charge in [-0.1, -0.05) is 25.0 Å². The molecule has 1 N–H and O–H groups in total. The minimum Gasteiger partial charge on any atom is -0.452 e. The van der Waals surface area contributed by atoms with Gasteiger partial charge < -0.3 is 10.1 Å². The molecule has 26 heavy (non-hydrogen) atoms. The number of hydrogen-bond acceptors (Lipinski definition) is 5. The number of rotatable bonds is 6. The summed E-state index contributed by atoms with van der Waals surface area (Å²) in [5.41, 5.74) is 0.420. The molecule has 0 unspecified atom stereocenters. The van der Waals surface area contributed by atoms with Crippen molar-refractivity contribution in [2.45, 2.75) is 57.7 Å². The zero-order valence-electron chi connectivity index (χ0n) is 14.8. The maximum Gasteiger partial charge on any atom is 0.308 e. The van der Waals surface area contributed by atoms with Crippen LogP contribution in [0.1, 0.15) is 39.0 Å². The molecule has 1 aromatic carbocycles. The van der Waals surface area contributed by atoms with E-state index in [1.165, 1.54) is 10.9 Å². The van der Waals surface area contributed by atoms with Gasteiger partial charge in [0.05, 0.1) is 23.7 Å². The lowest BCUT2D eigenvalue weighted by atomic mass is 10.2. The smallest absolute Gasteiger partial charge is 0.308 e. The number of benzene rings is 1. The number of hydrogen-bond donors (Lipinski definition) is 1. The van der Waals surface area contributed by atoms with Crippen LogP contribution >= 0.6 is 0 Å². The van der Waals surface area contributed by atoms with Crippen molar-refractivity contribution in [2.75, 3.05) is 0 Å². The molecule has 1 atom stereocenters. The number of carbonyl (C=O) groups is 2. The fourth-order valence-corrected chi connectivity index (χ4v) is 3.18. The number of carbonyl (C=O) groups excluding carboxylic acids is 2. The van der Waals surface area contributed by atoms with E-state index in [0.29, 0.717) is 10.9 Å². The first-order chi connectivity index (χ1) is 12.5. The lowest BCUT2D eigenvalue weighted by Gasteiger charge is -2.17. The van der Waals surface area contributed by atoms with Gasteiger partial charge >= 0.3 is 5.97 Å². The van der Waals surface area contributed by atoms with Crippen LogP contribution in [0, 0.1) is 0 Å². The van der Waals surface area contributed by atoms with E-state index in [2.05, 4.69) is 10.3 Å².